The Hall–Kier alpha value is -2.97. The zero-order valence-corrected chi connectivity index (χ0v) is 17.1. The Morgan fingerprint density at radius 3 is 2.52 bits per heavy atom. The lowest BCUT2D eigenvalue weighted by molar-refractivity contribution is -0.119. The molecule has 0 aliphatic rings. The molecular weight excluding hydrogens is 402 g/mol. The number of nitrogens with one attached hydrogen (secondary N) is 1. The molecule has 0 aliphatic carbocycles. The molecule has 29 heavy (non-hydrogen) atoms. The summed E-state index contributed by atoms with van der Waals surface area (Å²) in [6, 6.07) is 23.8. The topological polar surface area (TPSA) is 72.7 Å². The Balaban J connectivity index is 1.40. The van der Waals surface area contributed by atoms with Crippen molar-refractivity contribution in [2.45, 2.75) is 17.7 Å². The molecule has 0 unspecified atom stereocenters. The lowest BCUT2D eigenvalue weighted by Gasteiger charge is -2.18. The van der Waals surface area contributed by atoms with Gasteiger partial charge in [0.05, 0.1) is 18.3 Å². The number of carbonyl (C=O) groups excluding carboxylic acids is 1. The van der Waals surface area contributed by atoms with Gasteiger partial charge < -0.3 is 5.32 Å². The Bertz CT molecular complexity index is 1040. The number of amides is 1. The van der Waals surface area contributed by atoms with Gasteiger partial charge in [-0.15, -0.1) is 16.4 Å². The maximum atomic E-state index is 12.7. The number of thiophene rings is 1. The van der Waals surface area contributed by atoms with Crippen LogP contribution in [0.1, 0.15) is 22.0 Å². The number of rotatable bonds is 8. The molecule has 1 amide bonds. The number of hydrogen-bond acceptors (Lipinski definition) is 6. The fourth-order valence-electron chi connectivity index (χ4n) is 2.91. The predicted molar refractivity (Wildman–Crippen MR) is 115 cm³/mol. The summed E-state index contributed by atoms with van der Waals surface area (Å²) in [6.07, 6.45) is 0. The fraction of sp³-hybridized carbons (Fsp3) is 0.143. The molecule has 0 spiro atoms. The van der Waals surface area contributed by atoms with Crippen LogP contribution in [0.5, 0.6) is 0 Å². The van der Waals surface area contributed by atoms with E-state index in [-0.39, 0.29) is 17.7 Å². The average Bonchev–Trinajstić information content (AvgIpc) is 3.44. The third-order valence-corrected chi connectivity index (χ3v) is 6.17. The molecule has 8 heteroatoms. The van der Waals surface area contributed by atoms with E-state index in [2.05, 4.69) is 20.8 Å². The van der Waals surface area contributed by atoms with Crippen LogP contribution < -0.4 is 5.32 Å². The lowest BCUT2D eigenvalue weighted by Crippen LogP contribution is -2.30. The third-order valence-electron chi connectivity index (χ3n) is 4.27. The van der Waals surface area contributed by atoms with Crippen molar-refractivity contribution < 1.29 is 4.79 Å². The molecule has 0 bridgehead atoms. The van der Waals surface area contributed by atoms with Crippen LogP contribution in [0, 0.1) is 0 Å². The van der Waals surface area contributed by atoms with E-state index in [9.17, 15) is 4.79 Å². The molecule has 0 saturated heterocycles. The molecule has 4 rings (SSSR count). The van der Waals surface area contributed by atoms with Crippen LogP contribution in [-0.4, -0.2) is 31.9 Å². The van der Waals surface area contributed by atoms with Gasteiger partial charge in [-0.3, -0.25) is 4.79 Å². The zero-order valence-electron chi connectivity index (χ0n) is 15.5. The molecule has 6 nitrogen and oxygen atoms in total. The summed E-state index contributed by atoms with van der Waals surface area (Å²) in [4.78, 5) is 13.8. The highest BCUT2D eigenvalue weighted by Gasteiger charge is 2.18. The van der Waals surface area contributed by atoms with Crippen molar-refractivity contribution in [2.75, 3.05) is 5.75 Å². The second kappa shape index (κ2) is 9.49. The molecule has 2 aromatic heterocycles. The molecule has 0 fully saturated rings. The molecule has 2 aromatic carbocycles. The molecular formula is C21H19N5OS2. The van der Waals surface area contributed by atoms with Gasteiger partial charge in [0.15, 0.2) is 0 Å². The largest absolute Gasteiger partial charge is 0.344 e. The summed E-state index contributed by atoms with van der Waals surface area (Å²) in [5.41, 5.74) is 2.16. The Kier molecular flexibility index (Phi) is 6.33. The monoisotopic (exact) mass is 421 g/mol. The summed E-state index contributed by atoms with van der Waals surface area (Å²) in [5, 5.41) is 17.6. The van der Waals surface area contributed by atoms with Gasteiger partial charge >= 0.3 is 0 Å². The van der Waals surface area contributed by atoms with E-state index in [4.69, 9.17) is 0 Å². The minimum Gasteiger partial charge on any atom is -0.344 e. The summed E-state index contributed by atoms with van der Waals surface area (Å²) < 4.78 is 1.71. The van der Waals surface area contributed by atoms with Gasteiger partial charge in [-0.2, -0.15) is 0 Å². The van der Waals surface area contributed by atoms with E-state index in [1.165, 1.54) is 11.8 Å². The highest BCUT2D eigenvalue weighted by Crippen LogP contribution is 2.26. The van der Waals surface area contributed by atoms with Crippen molar-refractivity contribution in [1.29, 1.82) is 0 Å². The van der Waals surface area contributed by atoms with Crippen LogP contribution in [0.3, 0.4) is 0 Å². The van der Waals surface area contributed by atoms with Crippen LogP contribution in [0.25, 0.3) is 0 Å². The lowest BCUT2D eigenvalue weighted by atomic mass is 10.1. The first-order valence-corrected chi connectivity index (χ1v) is 11.0. The van der Waals surface area contributed by atoms with E-state index in [1.54, 1.807) is 16.0 Å². The molecule has 0 aliphatic heterocycles. The van der Waals surface area contributed by atoms with Crippen molar-refractivity contribution in [3.63, 3.8) is 0 Å². The molecule has 4 aromatic rings. The highest BCUT2D eigenvalue weighted by atomic mass is 32.2. The quantitative estimate of drug-likeness (QED) is 0.438. The Labute approximate surface area is 177 Å². The fourth-order valence-corrected chi connectivity index (χ4v) is 4.40. The van der Waals surface area contributed by atoms with Crippen molar-refractivity contribution in [3.8, 4) is 0 Å². The number of benzene rings is 2. The van der Waals surface area contributed by atoms with Crippen LogP contribution >= 0.6 is 23.1 Å². The van der Waals surface area contributed by atoms with Crippen LogP contribution in [0.4, 0.5) is 0 Å². The molecule has 0 saturated carbocycles. The molecule has 2 heterocycles. The second-order valence-electron chi connectivity index (χ2n) is 6.32. The predicted octanol–water partition coefficient (Wildman–Crippen LogP) is 3.78. The first kappa shape index (κ1) is 19.4. The van der Waals surface area contributed by atoms with E-state index in [0.717, 1.165) is 16.0 Å². The number of carbonyl (C=O) groups is 1. The summed E-state index contributed by atoms with van der Waals surface area (Å²) in [7, 11) is 0. The minimum absolute atomic E-state index is 0.0634. The summed E-state index contributed by atoms with van der Waals surface area (Å²) in [5.74, 6) is 0.177. The van der Waals surface area contributed by atoms with Crippen molar-refractivity contribution in [1.82, 2.24) is 25.5 Å². The molecule has 1 atom stereocenters. The average molecular weight is 422 g/mol. The van der Waals surface area contributed by atoms with Gasteiger partial charge in [0.2, 0.25) is 11.1 Å². The summed E-state index contributed by atoms with van der Waals surface area (Å²) in [6.45, 7) is 0.569. The van der Waals surface area contributed by atoms with Gasteiger partial charge in [0, 0.05) is 4.88 Å². The van der Waals surface area contributed by atoms with Gasteiger partial charge in [-0.25, -0.2) is 4.68 Å². The van der Waals surface area contributed by atoms with Gasteiger partial charge in [0.25, 0.3) is 0 Å². The summed E-state index contributed by atoms with van der Waals surface area (Å²) >= 11 is 2.96. The minimum atomic E-state index is -0.162. The van der Waals surface area contributed by atoms with Gasteiger partial charge in [-0.1, -0.05) is 78.5 Å². The van der Waals surface area contributed by atoms with Crippen molar-refractivity contribution in [2.24, 2.45) is 0 Å². The number of nitrogens with zero attached hydrogens (tertiary/aromatic N) is 4. The number of hydrogen-bond donors (Lipinski definition) is 1. The maximum absolute atomic E-state index is 12.7. The van der Waals surface area contributed by atoms with E-state index in [0.29, 0.717) is 11.7 Å². The zero-order chi connectivity index (χ0) is 19.9. The number of thioether (sulfide) groups is 1. The van der Waals surface area contributed by atoms with E-state index >= 15 is 0 Å². The van der Waals surface area contributed by atoms with Crippen molar-refractivity contribution >= 4 is 29.0 Å². The number of tetrazole rings is 1. The first-order chi connectivity index (χ1) is 14.3. The molecule has 1 N–H and O–H groups in total. The SMILES string of the molecule is O=C(CSc1nnnn1Cc1ccccc1)N[C@@H](c1ccccc1)c1cccs1. The Morgan fingerprint density at radius 2 is 1.79 bits per heavy atom. The smallest absolute Gasteiger partial charge is 0.231 e. The second-order valence-corrected chi connectivity index (χ2v) is 8.24. The molecule has 146 valence electrons. The van der Waals surface area contributed by atoms with Crippen LogP contribution in [0.15, 0.2) is 83.3 Å². The normalized spacial score (nSPS) is 11.9. The van der Waals surface area contributed by atoms with E-state index in [1.807, 2.05) is 78.2 Å². The number of aromatic nitrogens is 4. The van der Waals surface area contributed by atoms with Crippen molar-refractivity contribution in [3.05, 3.63) is 94.2 Å². The molecule has 0 radical (unpaired) electrons. The maximum Gasteiger partial charge on any atom is 0.231 e. The standard InChI is InChI=1S/C21H19N5OS2/c27-19(22-20(18-12-7-13-28-18)17-10-5-2-6-11-17)15-29-21-23-24-25-26(21)14-16-8-3-1-4-9-16/h1-13,20H,14-15H2,(H,22,27)/t20-/m0/s1. The van der Waals surface area contributed by atoms with Crippen LogP contribution in [0.2, 0.25) is 0 Å². The highest BCUT2D eigenvalue weighted by molar-refractivity contribution is 7.99. The Morgan fingerprint density at radius 1 is 1.03 bits per heavy atom. The van der Waals surface area contributed by atoms with E-state index < -0.39 is 0 Å². The first-order valence-electron chi connectivity index (χ1n) is 9.10. The van der Waals surface area contributed by atoms with Gasteiger partial charge in [0.1, 0.15) is 0 Å². The third kappa shape index (κ3) is 5.10. The van der Waals surface area contributed by atoms with Crippen LogP contribution in [-0.2, 0) is 11.3 Å². The van der Waals surface area contributed by atoms with Gasteiger partial charge in [-0.05, 0) is 33.0 Å².